The van der Waals surface area contributed by atoms with Crippen LogP contribution in [0, 0.1) is 0 Å². The quantitative estimate of drug-likeness (QED) is 0.411. The van der Waals surface area contributed by atoms with Gasteiger partial charge in [-0.05, 0) is 10.4 Å². The molecule has 4 rings (SSSR count). The molecule has 6 heteroatoms. The van der Waals surface area contributed by atoms with Gasteiger partial charge in [-0.3, -0.25) is 0 Å². The molecule has 0 bridgehead atoms. The van der Waals surface area contributed by atoms with Crippen molar-refractivity contribution in [1.29, 1.82) is 0 Å². The first-order valence-corrected chi connectivity index (χ1v) is 16.8. The normalized spacial score (nSPS) is 12.3. The first-order chi connectivity index (χ1) is 14.2. The van der Waals surface area contributed by atoms with E-state index in [1.807, 2.05) is 0 Å². The number of nitrogens with zero attached hydrogens (tertiary/aromatic N) is 2. The zero-order chi connectivity index (χ0) is 21.5. The summed E-state index contributed by atoms with van der Waals surface area (Å²) in [6.07, 6.45) is 0. The highest BCUT2D eigenvalue weighted by Gasteiger charge is 2.34. The minimum absolute atomic E-state index is 0.264. The van der Waals surface area contributed by atoms with Crippen LogP contribution in [0.25, 0.3) is 11.0 Å². The van der Waals surface area contributed by atoms with Gasteiger partial charge in [-0.2, -0.15) is 0 Å². The highest BCUT2D eigenvalue weighted by molar-refractivity contribution is 7.03. The molecule has 3 aromatic carbocycles. The topological polar surface area (TPSA) is 25.8 Å². The molecule has 0 spiro atoms. The second-order valence-electron chi connectivity index (χ2n) is 8.65. The summed E-state index contributed by atoms with van der Waals surface area (Å²) in [4.78, 5) is 9.53. The molecule has 0 aliphatic heterocycles. The molecule has 4 aromatic rings. The van der Waals surface area contributed by atoms with Crippen molar-refractivity contribution in [2.75, 3.05) is 0 Å². The minimum Gasteiger partial charge on any atom is -0.231 e. The molecular formula is C24H24Cl2N2Si2. The minimum atomic E-state index is -2.01. The maximum absolute atomic E-state index is 6.36. The van der Waals surface area contributed by atoms with E-state index in [4.69, 9.17) is 33.2 Å². The predicted octanol–water partition coefficient (Wildman–Crippen LogP) is 4.58. The summed E-state index contributed by atoms with van der Waals surface area (Å²) in [6, 6.07) is 25.9. The summed E-state index contributed by atoms with van der Waals surface area (Å²) in [5.74, 6) is 0. The van der Waals surface area contributed by atoms with Gasteiger partial charge in [0.05, 0.1) is 11.0 Å². The fourth-order valence-electron chi connectivity index (χ4n) is 4.12. The van der Waals surface area contributed by atoms with Crippen molar-refractivity contribution in [3.63, 3.8) is 0 Å². The van der Waals surface area contributed by atoms with Crippen LogP contribution in [0.4, 0.5) is 0 Å². The number of fused-ring (bicyclic) bond motifs is 1. The Kier molecular flexibility index (Phi) is 5.62. The van der Waals surface area contributed by atoms with Gasteiger partial charge in [-0.25, -0.2) is 9.97 Å². The fourth-order valence-corrected chi connectivity index (χ4v) is 9.58. The second kappa shape index (κ2) is 7.93. The van der Waals surface area contributed by atoms with E-state index in [-0.39, 0.29) is 10.3 Å². The average molecular weight is 468 g/mol. The van der Waals surface area contributed by atoms with Gasteiger partial charge < -0.3 is 0 Å². The van der Waals surface area contributed by atoms with Gasteiger partial charge in [0.2, 0.25) is 0 Å². The summed E-state index contributed by atoms with van der Waals surface area (Å²) < 4.78 is 0. The number of hydrogen-bond acceptors (Lipinski definition) is 2. The van der Waals surface area contributed by atoms with Crippen molar-refractivity contribution in [1.82, 2.24) is 9.97 Å². The molecule has 0 atom stereocenters. The Balaban J connectivity index is 2.01. The number of halogens is 2. The molecule has 0 N–H and O–H groups in total. The van der Waals surface area contributed by atoms with Gasteiger partial charge in [0, 0.05) is 0 Å². The second-order valence-corrected chi connectivity index (χ2v) is 18.1. The Bertz CT molecular complexity index is 1110. The van der Waals surface area contributed by atoms with Crippen molar-refractivity contribution < 1.29 is 0 Å². The smallest absolute Gasteiger partial charge is 0.167 e. The first kappa shape index (κ1) is 21.3. The molecule has 0 saturated carbocycles. The SMILES string of the molecule is C[Si](C)(c1ccccc1)c1ccc([Si](C)(C)c2ccccc2)c2nc(Cl)c(Cl)nc12. The van der Waals surface area contributed by atoms with Crippen LogP contribution in [0.2, 0.25) is 36.5 Å². The van der Waals surface area contributed by atoms with Crippen molar-refractivity contribution in [3.8, 4) is 0 Å². The lowest BCUT2D eigenvalue weighted by Gasteiger charge is -2.29. The maximum atomic E-state index is 6.36. The van der Waals surface area contributed by atoms with Crippen LogP contribution in [0.5, 0.6) is 0 Å². The average Bonchev–Trinajstić information content (AvgIpc) is 2.75. The first-order valence-electron chi connectivity index (χ1n) is 10.0. The van der Waals surface area contributed by atoms with Gasteiger partial charge in [-0.1, -0.05) is 133 Å². The Hall–Kier alpha value is -1.99. The zero-order valence-electron chi connectivity index (χ0n) is 17.6. The Morgan fingerprint density at radius 2 is 0.867 bits per heavy atom. The van der Waals surface area contributed by atoms with Crippen molar-refractivity contribution in [2.45, 2.75) is 26.2 Å². The largest absolute Gasteiger partial charge is 0.231 e. The Morgan fingerprint density at radius 1 is 0.533 bits per heavy atom. The summed E-state index contributed by atoms with van der Waals surface area (Å²) in [6.45, 7) is 9.39. The van der Waals surface area contributed by atoms with E-state index < -0.39 is 16.1 Å². The molecule has 1 heterocycles. The summed E-state index contributed by atoms with van der Waals surface area (Å²) >= 11 is 12.7. The monoisotopic (exact) mass is 466 g/mol. The highest BCUT2D eigenvalue weighted by atomic mass is 35.5. The third-order valence-electron chi connectivity index (χ3n) is 6.08. The van der Waals surface area contributed by atoms with Crippen molar-refractivity contribution in [3.05, 3.63) is 83.1 Å². The molecule has 30 heavy (non-hydrogen) atoms. The molecule has 0 aliphatic carbocycles. The molecule has 0 fully saturated rings. The van der Waals surface area contributed by atoms with Crippen molar-refractivity contribution in [2.24, 2.45) is 0 Å². The van der Waals surface area contributed by atoms with Crippen LogP contribution < -0.4 is 20.7 Å². The highest BCUT2D eigenvalue weighted by Crippen LogP contribution is 2.23. The molecule has 2 nitrogen and oxygen atoms in total. The molecule has 0 unspecified atom stereocenters. The van der Waals surface area contributed by atoms with Crippen LogP contribution in [0.1, 0.15) is 0 Å². The Morgan fingerprint density at radius 3 is 1.20 bits per heavy atom. The van der Waals surface area contributed by atoms with Crippen LogP contribution >= 0.6 is 23.2 Å². The van der Waals surface area contributed by atoms with E-state index in [9.17, 15) is 0 Å². The van der Waals surface area contributed by atoms with Gasteiger partial charge in [0.1, 0.15) is 16.1 Å². The molecule has 0 amide bonds. The number of rotatable bonds is 4. The number of hydrogen-bond donors (Lipinski definition) is 0. The molecule has 0 saturated heterocycles. The van der Waals surface area contributed by atoms with Crippen molar-refractivity contribution >= 4 is 71.1 Å². The van der Waals surface area contributed by atoms with Crippen LogP contribution in [0.3, 0.4) is 0 Å². The predicted molar refractivity (Wildman–Crippen MR) is 136 cm³/mol. The van der Waals surface area contributed by atoms with Gasteiger partial charge in [0.25, 0.3) is 0 Å². The zero-order valence-corrected chi connectivity index (χ0v) is 21.1. The van der Waals surface area contributed by atoms with E-state index in [0.29, 0.717) is 0 Å². The summed E-state index contributed by atoms with van der Waals surface area (Å²) in [5, 5.41) is 5.70. The lowest BCUT2D eigenvalue weighted by molar-refractivity contribution is 1.30. The number of aromatic nitrogens is 2. The third kappa shape index (κ3) is 3.62. The molecule has 1 aromatic heterocycles. The van der Waals surface area contributed by atoms with E-state index in [0.717, 1.165) is 11.0 Å². The van der Waals surface area contributed by atoms with E-state index in [2.05, 4.69) is 99.0 Å². The summed E-state index contributed by atoms with van der Waals surface area (Å²) in [5.41, 5.74) is 1.78. The van der Waals surface area contributed by atoms with Crippen LogP contribution in [-0.2, 0) is 0 Å². The van der Waals surface area contributed by atoms with Gasteiger partial charge in [0.15, 0.2) is 10.3 Å². The fraction of sp³-hybridized carbons (Fsp3) is 0.167. The number of benzene rings is 3. The van der Waals surface area contributed by atoms with Crippen LogP contribution in [0.15, 0.2) is 72.8 Å². The third-order valence-corrected chi connectivity index (χ3v) is 13.8. The van der Waals surface area contributed by atoms with E-state index in [1.54, 1.807) is 0 Å². The lowest BCUT2D eigenvalue weighted by atomic mass is 10.3. The maximum Gasteiger partial charge on any atom is 0.167 e. The summed E-state index contributed by atoms with van der Waals surface area (Å²) in [7, 11) is -4.02. The van der Waals surface area contributed by atoms with Gasteiger partial charge in [-0.15, -0.1) is 0 Å². The molecule has 0 radical (unpaired) electrons. The van der Waals surface area contributed by atoms with Gasteiger partial charge >= 0.3 is 0 Å². The molecule has 152 valence electrons. The van der Waals surface area contributed by atoms with E-state index >= 15 is 0 Å². The standard InChI is InChI=1S/C24H24Cl2N2Si2/c1-29(2,17-11-7-5-8-12-17)19-15-16-20(22-21(19)27-23(25)24(26)28-22)30(3,4)18-13-9-6-10-14-18/h5-16H,1-4H3. The molecular weight excluding hydrogens is 443 g/mol. The Labute approximate surface area is 189 Å². The van der Waals surface area contributed by atoms with E-state index in [1.165, 1.54) is 20.7 Å². The van der Waals surface area contributed by atoms with Crippen LogP contribution in [-0.4, -0.2) is 26.1 Å². The lowest BCUT2D eigenvalue weighted by Crippen LogP contribution is -2.56. The molecule has 0 aliphatic rings.